The van der Waals surface area contributed by atoms with Crippen molar-refractivity contribution in [3.05, 3.63) is 133 Å². The van der Waals surface area contributed by atoms with Gasteiger partial charge >= 0.3 is 10.1 Å². The maximum Gasteiger partial charge on any atom is 0.339 e. The van der Waals surface area contributed by atoms with E-state index in [1.54, 1.807) is 30.0 Å². The third kappa shape index (κ3) is 5.23. The zero-order valence-corrected chi connectivity index (χ0v) is 21.3. The summed E-state index contributed by atoms with van der Waals surface area (Å²) in [6.07, 6.45) is 0. The zero-order valence-electron chi connectivity index (χ0n) is 19.7. The van der Waals surface area contributed by atoms with Gasteiger partial charge in [0.2, 0.25) is 0 Å². The van der Waals surface area contributed by atoms with Gasteiger partial charge in [0.1, 0.15) is 10.6 Å². The van der Waals surface area contributed by atoms with Gasteiger partial charge in [0, 0.05) is 15.4 Å². The first-order valence-electron chi connectivity index (χ1n) is 11.5. The number of benzene rings is 5. The Morgan fingerprint density at radius 2 is 1.06 bits per heavy atom. The van der Waals surface area contributed by atoms with Crippen LogP contribution in [0.2, 0.25) is 0 Å². The predicted octanol–water partition coefficient (Wildman–Crippen LogP) is 8.25. The highest BCUT2D eigenvalue weighted by molar-refractivity contribution is 7.99. The molecular formula is C31H24O3S2. The lowest BCUT2D eigenvalue weighted by molar-refractivity contribution is 0.486. The lowest BCUT2D eigenvalue weighted by Crippen LogP contribution is -2.12. The van der Waals surface area contributed by atoms with Crippen LogP contribution in [0.3, 0.4) is 0 Å². The van der Waals surface area contributed by atoms with Gasteiger partial charge in [0.25, 0.3) is 0 Å². The van der Waals surface area contributed by atoms with Crippen LogP contribution < -0.4 is 4.18 Å². The van der Waals surface area contributed by atoms with E-state index in [4.69, 9.17) is 4.18 Å². The molecule has 0 aromatic heterocycles. The fraction of sp³-hybridized carbons (Fsp3) is 0.0323. The third-order valence-electron chi connectivity index (χ3n) is 5.78. The summed E-state index contributed by atoms with van der Waals surface area (Å²) in [6, 6.07) is 40.1. The highest BCUT2D eigenvalue weighted by atomic mass is 32.2. The minimum Gasteiger partial charge on any atom is -0.379 e. The van der Waals surface area contributed by atoms with Crippen LogP contribution in [0.4, 0.5) is 0 Å². The van der Waals surface area contributed by atoms with Crippen molar-refractivity contribution < 1.29 is 12.6 Å². The van der Waals surface area contributed by atoms with Gasteiger partial charge in [-0.25, -0.2) is 0 Å². The van der Waals surface area contributed by atoms with Crippen LogP contribution in [0, 0.1) is 6.92 Å². The normalized spacial score (nSPS) is 11.2. The van der Waals surface area contributed by atoms with Crippen molar-refractivity contribution in [2.75, 3.05) is 0 Å². The van der Waals surface area contributed by atoms with Gasteiger partial charge in [-0.05, 0) is 71.6 Å². The second kappa shape index (κ2) is 10.4. The summed E-state index contributed by atoms with van der Waals surface area (Å²) in [7, 11) is -4.12. The molecule has 5 rings (SSSR count). The lowest BCUT2D eigenvalue weighted by Gasteiger charge is -2.18. The molecule has 0 aliphatic rings. The van der Waals surface area contributed by atoms with Crippen molar-refractivity contribution in [3.63, 3.8) is 0 Å². The van der Waals surface area contributed by atoms with Crippen LogP contribution in [0.5, 0.6) is 5.75 Å². The van der Waals surface area contributed by atoms with E-state index in [9.17, 15) is 8.42 Å². The number of hydrogen-bond acceptors (Lipinski definition) is 4. The average molecular weight is 509 g/mol. The average Bonchev–Trinajstić information content (AvgIpc) is 2.91. The third-order valence-corrected chi connectivity index (χ3v) is 8.08. The lowest BCUT2D eigenvalue weighted by atomic mass is 9.91. The predicted molar refractivity (Wildman–Crippen MR) is 147 cm³/mol. The molecule has 0 radical (unpaired) electrons. The largest absolute Gasteiger partial charge is 0.379 e. The number of aryl methyl sites for hydroxylation is 1. The monoisotopic (exact) mass is 508 g/mol. The van der Waals surface area contributed by atoms with E-state index >= 15 is 0 Å². The SMILES string of the molecule is Cc1ccc(S(=O)(=O)Oc2ccc(Sc3ccccc3)cc2)c(-c2ccccc2)c1-c1ccccc1. The number of rotatable bonds is 7. The molecule has 5 aromatic carbocycles. The van der Waals surface area contributed by atoms with Crippen LogP contribution in [-0.4, -0.2) is 8.42 Å². The molecule has 178 valence electrons. The van der Waals surface area contributed by atoms with Gasteiger partial charge in [-0.1, -0.05) is 96.7 Å². The topological polar surface area (TPSA) is 43.4 Å². The van der Waals surface area contributed by atoms with Crippen LogP contribution in [-0.2, 0) is 10.1 Å². The van der Waals surface area contributed by atoms with Gasteiger partial charge in [-0.2, -0.15) is 8.42 Å². The molecule has 0 aliphatic heterocycles. The molecule has 0 saturated carbocycles. The van der Waals surface area contributed by atoms with Crippen molar-refractivity contribution in [2.24, 2.45) is 0 Å². The van der Waals surface area contributed by atoms with E-state index in [2.05, 4.69) is 0 Å². The Labute approximate surface area is 216 Å². The van der Waals surface area contributed by atoms with E-state index in [0.717, 1.165) is 32.0 Å². The van der Waals surface area contributed by atoms with Crippen LogP contribution >= 0.6 is 11.8 Å². The van der Waals surface area contributed by atoms with Gasteiger partial charge in [-0.15, -0.1) is 0 Å². The van der Waals surface area contributed by atoms with E-state index in [0.29, 0.717) is 5.56 Å². The van der Waals surface area contributed by atoms with Gasteiger partial charge in [-0.3, -0.25) is 0 Å². The van der Waals surface area contributed by atoms with Crippen molar-refractivity contribution >= 4 is 21.9 Å². The minimum absolute atomic E-state index is 0.140. The molecule has 5 heteroatoms. The summed E-state index contributed by atoms with van der Waals surface area (Å²) in [4.78, 5) is 2.25. The first-order valence-corrected chi connectivity index (χ1v) is 13.8. The molecule has 0 bridgehead atoms. The summed E-state index contributed by atoms with van der Waals surface area (Å²) in [5.41, 5.74) is 4.27. The Kier molecular flexibility index (Phi) is 6.94. The second-order valence-electron chi connectivity index (χ2n) is 8.29. The zero-order chi connectivity index (χ0) is 25.0. The fourth-order valence-electron chi connectivity index (χ4n) is 4.12. The van der Waals surface area contributed by atoms with E-state index in [1.807, 2.05) is 116 Å². The van der Waals surface area contributed by atoms with Crippen LogP contribution in [0.1, 0.15) is 5.56 Å². The first-order chi connectivity index (χ1) is 17.5. The standard InChI is InChI=1S/C31H24O3S2/c1-23-17-22-29(31(25-13-7-3-8-14-25)30(23)24-11-5-2-6-12-24)36(32,33)34-26-18-20-28(21-19-26)35-27-15-9-4-10-16-27/h2-22H,1H3. The van der Waals surface area contributed by atoms with Gasteiger partial charge < -0.3 is 4.18 Å². The highest BCUT2D eigenvalue weighted by Crippen LogP contribution is 2.40. The molecule has 36 heavy (non-hydrogen) atoms. The maximum atomic E-state index is 13.6. The summed E-state index contributed by atoms with van der Waals surface area (Å²) < 4.78 is 32.9. The fourth-order valence-corrected chi connectivity index (χ4v) is 6.12. The second-order valence-corrected chi connectivity index (χ2v) is 10.9. The number of hydrogen-bond donors (Lipinski definition) is 0. The van der Waals surface area contributed by atoms with Gasteiger partial charge in [0.15, 0.2) is 0 Å². The van der Waals surface area contributed by atoms with E-state index < -0.39 is 10.1 Å². The van der Waals surface area contributed by atoms with Crippen molar-refractivity contribution in [3.8, 4) is 28.0 Å². The molecule has 0 heterocycles. The summed E-state index contributed by atoms with van der Waals surface area (Å²) in [5.74, 6) is 0.272. The molecule has 0 atom stereocenters. The molecule has 0 N–H and O–H groups in total. The summed E-state index contributed by atoms with van der Waals surface area (Å²) in [6.45, 7) is 2.00. The Morgan fingerprint density at radius 1 is 0.556 bits per heavy atom. The Morgan fingerprint density at radius 3 is 1.64 bits per heavy atom. The molecule has 5 aromatic rings. The summed E-state index contributed by atoms with van der Waals surface area (Å²) >= 11 is 1.61. The van der Waals surface area contributed by atoms with Crippen molar-refractivity contribution in [2.45, 2.75) is 21.6 Å². The molecule has 0 aliphatic carbocycles. The molecule has 0 amide bonds. The Hall–Kier alpha value is -3.80. The highest BCUT2D eigenvalue weighted by Gasteiger charge is 2.26. The molecular weight excluding hydrogens is 484 g/mol. The first kappa shape index (κ1) is 23.9. The molecule has 0 fully saturated rings. The van der Waals surface area contributed by atoms with Crippen LogP contribution in [0.25, 0.3) is 22.3 Å². The minimum atomic E-state index is -4.12. The van der Waals surface area contributed by atoms with Gasteiger partial charge in [0.05, 0.1) is 0 Å². The summed E-state index contributed by atoms with van der Waals surface area (Å²) in [5, 5.41) is 0. The Bertz CT molecular complexity index is 1560. The molecule has 0 saturated heterocycles. The quantitative estimate of drug-likeness (QED) is 0.208. The van der Waals surface area contributed by atoms with Crippen molar-refractivity contribution in [1.29, 1.82) is 0 Å². The van der Waals surface area contributed by atoms with Crippen molar-refractivity contribution in [1.82, 2.24) is 0 Å². The molecule has 3 nitrogen and oxygen atoms in total. The molecule has 0 unspecified atom stereocenters. The molecule has 0 spiro atoms. The van der Waals surface area contributed by atoms with Crippen LogP contribution in [0.15, 0.2) is 142 Å². The van der Waals surface area contributed by atoms with E-state index in [1.165, 1.54) is 0 Å². The smallest absolute Gasteiger partial charge is 0.339 e. The maximum absolute atomic E-state index is 13.6. The Balaban J connectivity index is 1.54. The van der Waals surface area contributed by atoms with E-state index in [-0.39, 0.29) is 10.6 Å².